The third-order valence-corrected chi connectivity index (χ3v) is 6.28. The van der Waals surface area contributed by atoms with Gasteiger partial charge in [-0.15, -0.1) is 0 Å². The van der Waals surface area contributed by atoms with Gasteiger partial charge < -0.3 is 19.8 Å². The van der Waals surface area contributed by atoms with Crippen molar-refractivity contribution >= 4 is 11.8 Å². The van der Waals surface area contributed by atoms with E-state index in [1.165, 1.54) is 0 Å². The van der Waals surface area contributed by atoms with Gasteiger partial charge in [-0.3, -0.25) is 14.5 Å². The molecule has 1 N–H and O–H groups in total. The molecule has 3 heterocycles. The number of carbonyl (C=O) groups is 2. The highest BCUT2D eigenvalue weighted by molar-refractivity contribution is 5.79. The molecule has 0 unspecified atom stereocenters. The van der Waals surface area contributed by atoms with E-state index >= 15 is 0 Å². The minimum atomic E-state index is -0.0685. The van der Waals surface area contributed by atoms with Gasteiger partial charge in [0, 0.05) is 58.3 Å². The summed E-state index contributed by atoms with van der Waals surface area (Å²) in [6.07, 6.45) is 4.29. The Labute approximate surface area is 156 Å². The molecule has 0 aliphatic carbocycles. The summed E-state index contributed by atoms with van der Waals surface area (Å²) in [4.78, 5) is 33.5. The average Bonchev–Trinajstić information content (AvgIpc) is 2.68. The van der Waals surface area contributed by atoms with Gasteiger partial charge in [-0.1, -0.05) is 0 Å². The molecule has 0 saturated carbocycles. The Morgan fingerprint density at radius 3 is 2.27 bits per heavy atom. The summed E-state index contributed by atoms with van der Waals surface area (Å²) in [5, 5.41) is 8.93. The van der Waals surface area contributed by atoms with E-state index < -0.39 is 0 Å². The molecule has 0 aromatic heterocycles. The van der Waals surface area contributed by atoms with Crippen LogP contribution in [0.2, 0.25) is 0 Å². The second-order valence-corrected chi connectivity index (χ2v) is 8.05. The highest BCUT2D eigenvalue weighted by Crippen LogP contribution is 2.25. The van der Waals surface area contributed by atoms with Gasteiger partial charge in [0.15, 0.2) is 0 Å². The number of likely N-dealkylation sites (tertiary alicyclic amines) is 2. The first-order valence-corrected chi connectivity index (χ1v) is 10.2. The molecule has 3 fully saturated rings. The van der Waals surface area contributed by atoms with Crippen LogP contribution in [0.3, 0.4) is 0 Å². The number of nitrogens with zero attached hydrogens (tertiary/aromatic N) is 4. The molecular formula is C19H34N4O3. The maximum absolute atomic E-state index is 12.9. The van der Waals surface area contributed by atoms with Crippen molar-refractivity contribution in [2.24, 2.45) is 5.92 Å². The quantitative estimate of drug-likeness (QED) is 0.749. The monoisotopic (exact) mass is 366 g/mol. The summed E-state index contributed by atoms with van der Waals surface area (Å²) in [5.41, 5.74) is 0. The molecule has 26 heavy (non-hydrogen) atoms. The minimum absolute atomic E-state index is 0.0627. The molecule has 3 aliphatic heterocycles. The lowest BCUT2D eigenvalue weighted by atomic mass is 9.92. The Kier molecular flexibility index (Phi) is 6.89. The zero-order valence-electron chi connectivity index (χ0n) is 16.1. The first kappa shape index (κ1) is 19.6. The molecule has 2 amide bonds. The summed E-state index contributed by atoms with van der Waals surface area (Å²) in [5.74, 6) is 0.548. The fourth-order valence-electron chi connectivity index (χ4n) is 4.56. The number of piperidine rings is 2. The van der Waals surface area contributed by atoms with Crippen molar-refractivity contribution in [3.05, 3.63) is 0 Å². The molecule has 7 nitrogen and oxygen atoms in total. The SMILES string of the molecule is CN1CCN(C(=O)[C@@H]2CCCN(C3CCN(C(=O)CCO)CC3)C2)CC1. The molecule has 0 aromatic carbocycles. The smallest absolute Gasteiger partial charge is 0.227 e. The Balaban J connectivity index is 1.48. The molecule has 7 heteroatoms. The largest absolute Gasteiger partial charge is 0.396 e. The molecular weight excluding hydrogens is 332 g/mol. The van der Waals surface area contributed by atoms with E-state index in [0.717, 1.165) is 78.0 Å². The Hall–Kier alpha value is -1.18. The van der Waals surface area contributed by atoms with Crippen LogP contribution in [0.25, 0.3) is 0 Å². The molecule has 0 bridgehead atoms. The maximum atomic E-state index is 12.9. The molecule has 0 spiro atoms. The maximum Gasteiger partial charge on any atom is 0.227 e. The Bertz CT molecular complexity index is 485. The van der Waals surface area contributed by atoms with Crippen molar-refractivity contribution in [1.82, 2.24) is 19.6 Å². The van der Waals surface area contributed by atoms with Gasteiger partial charge in [-0.2, -0.15) is 0 Å². The summed E-state index contributed by atoms with van der Waals surface area (Å²) in [7, 11) is 2.11. The van der Waals surface area contributed by atoms with Crippen LogP contribution in [-0.2, 0) is 9.59 Å². The lowest BCUT2D eigenvalue weighted by Gasteiger charge is -2.43. The van der Waals surface area contributed by atoms with Crippen LogP contribution in [0, 0.1) is 5.92 Å². The fraction of sp³-hybridized carbons (Fsp3) is 0.895. The standard InChI is InChI=1S/C19H34N4O3/c1-20-10-12-22(13-11-20)19(26)16-3-2-7-23(15-16)17-4-8-21(9-5-17)18(25)6-14-24/h16-17,24H,2-15H2,1H3/t16-/m1/s1. The van der Waals surface area contributed by atoms with E-state index in [9.17, 15) is 9.59 Å². The molecule has 0 radical (unpaired) electrons. The number of hydrogen-bond donors (Lipinski definition) is 1. The summed E-state index contributed by atoms with van der Waals surface area (Å²) >= 11 is 0. The third kappa shape index (κ3) is 4.75. The molecule has 148 valence electrons. The van der Waals surface area contributed by atoms with Gasteiger partial charge in [-0.25, -0.2) is 0 Å². The van der Waals surface area contributed by atoms with Crippen molar-refractivity contribution in [2.75, 3.05) is 66.0 Å². The number of piperazine rings is 1. The number of carbonyl (C=O) groups excluding carboxylic acids is 2. The number of aliphatic hydroxyl groups is 1. The lowest BCUT2D eigenvalue weighted by Crippen LogP contribution is -2.54. The van der Waals surface area contributed by atoms with Crippen molar-refractivity contribution < 1.29 is 14.7 Å². The van der Waals surface area contributed by atoms with Gasteiger partial charge in [0.05, 0.1) is 12.5 Å². The molecule has 3 saturated heterocycles. The zero-order chi connectivity index (χ0) is 18.5. The predicted octanol–water partition coefficient (Wildman–Crippen LogP) is -0.154. The van der Waals surface area contributed by atoms with Crippen LogP contribution in [0.4, 0.5) is 0 Å². The second-order valence-electron chi connectivity index (χ2n) is 8.05. The van der Waals surface area contributed by atoms with Gasteiger partial charge in [0.1, 0.15) is 0 Å². The fourth-order valence-corrected chi connectivity index (χ4v) is 4.56. The predicted molar refractivity (Wildman–Crippen MR) is 99.7 cm³/mol. The van der Waals surface area contributed by atoms with Gasteiger partial charge in [0.2, 0.25) is 11.8 Å². The highest BCUT2D eigenvalue weighted by Gasteiger charge is 2.34. The number of amides is 2. The third-order valence-electron chi connectivity index (χ3n) is 6.28. The lowest BCUT2D eigenvalue weighted by molar-refractivity contribution is -0.139. The van der Waals surface area contributed by atoms with E-state index in [2.05, 4.69) is 21.7 Å². The van der Waals surface area contributed by atoms with E-state index in [1.54, 1.807) is 0 Å². The van der Waals surface area contributed by atoms with Crippen LogP contribution in [0.1, 0.15) is 32.1 Å². The average molecular weight is 367 g/mol. The Morgan fingerprint density at radius 2 is 1.62 bits per heavy atom. The van der Waals surface area contributed by atoms with Crippen LogP contribution >= 0.6 is 0 Å². The van der Waals surface area contributed by atoms with E-state index in [4.69, 9.17) is 5.11 Å². The van der Waals surface area contributed by atoms with Gasteiger partial charge >= 0.3 is 0 Å². The second kappa shape index (κ2) is 9.15. The normalized spacial score (nSPS) is 26.9. The highest BCUT2D eigenvalue weighted by atomic mass is 16.3. The first-order valence-electron chi connectivity index (χ1n) is 10.2. The topological polar surface area (TPSA) is 67.3 Å². The number of aliphatic hydroxyl groups excluding tert-OH is 1. The Morgan fingerprint density at radius 1 is 0.923 bits per heavy atom. The molecule has 3 aliphatic rings. The summed E-state index contributed by atoms with van der Waals surface area (Å²) in [6.45, 7) is 7.09. The van der Waals surface area contributed by atoms with Crippen molar-refractivity contribution in [2.45, 2.75) is 38.1 Å². The van der Waals surface area contributed by atoms with Gasteiger partial charge in [-0.05, 0) is 39.3 Å². The van der Waals surface area contributed by atoms with E-state index in [1.807, 2.05) is 4.90 Å². The van der Waals surface area contributed by atoms with Crippen molar-refractivity contribution in [1.29, 1.82) is 0 Å². The van der Waals surface area contributed by atoms with Crippen molar-refractivity contribution in [3.63, 3.8) is 0 Å². The van der Waals surface area contributed by atoms with Crippen LogP contribution in [0.15, 0.2) is 0 Å². The van der Waals surface area contributed by atoms with E-state index in [0.29, 0.717) is 11.9 Å². The number of rotatable bonds is 4. The zero-order valence-corrected chi connectivity index (χ0v) is 16.1. The van der Waals surface area contributed by atoms with Crippen molar-refractivity contribution in [3.8, 4) is 0 Å². The number of hydrogen-bond acceptors (Lipinski definition) is 5. The molecule has 3 rings (SSSR count). The summed E-state index contributed by atoms with van der Waals surface area (Å²) < 4.78 is 0. The minimum Gasteiger partial charge on any atom is -0.396 e. The summed E-state index contributed by atoms with van der Waals surface area (Å²) in [6, 6.07) is 0.483. The van der Waals surface area contributed by atoms with Crippen LogP contribution < -0.4 is 0 Å². The van der Waals surface area contributed by atoms with Crippen LogP contribution in [0.5, 0.6) is 0 Å². The van der Waals surface area contributed by atoms with Crippen LogP contribution in [-0.4, -0.2) is 109 Å². The number of likely N-dealkylation sites (N-methyl/N-ethyl adjacent to an activating group) is 1. The first-order chi connectivity index (χ1) is 12.6. The van der Waals surface area contributed by atoms with Gasteiger partial charge in [0.25, 0.3) is 0 Å². The van der Waals surface area contributed by atoms with E-state index in [-0.39, 0.29) is 24.9 Å². The molecule has 1 atom stereocenters. The molecule has 0 aromatic rings.